The molecule has 2 aromatic heterocycles. The zero-order valence-corrected chi connectivity index (χ0v) is 19.5. The number of para-hydroxylation sites is 1. The second-order valence-corrected chi connectivity index (χ2v) is 8.74. The van der Waals surface area contributed by atoms with Crippen LogP contribution in [0.15, 0.2) is 71.7 Å². The molecule has 1 amide bonds. The highest BCUT2D eigenvalue weighted by molar-refractivity contribution is 5.87. The van der Waals surface area contributed by atoms with Gasteiger partial charge in [0.2, 0.25) is 0 Å². The molecule has 2 atom stereocenters. The van der Waals surface area contributed by atoms with Crippen LogP contribution in [0.1, 0.15) is 18.9 Å². The molecule has 186 valence electrons. The Morgan fingerprint density at radius 3 is 2.56 bits per heavy atom. The van der Waals surface area contributed by atoms with Gasteiger partial charge in [-0.15, -0.1) is 0 Å². The first-order chi connectivity index (χ1) is 17.5. The van der Waals surface area contributed by atoms with Crippen LogP contribution in [0.2, 0.25) is 0 Å². The molecule has 2 aromatic carbocycles. The van der Waals surface area contributed by atoms with Gasteiger partial charge in [-0.1, -0.05) is 18.2 Å². The summed E-state index contributed by atoms with van der Waals surface area (Å²) in [7, 11) is 0. The average molecular weight is 490 g/mol. The largest absolute Gasteiger partial charge is 0.457 e. The SMILES string of the molecule is Nc1nccc2c1n(-c1ccc(Oc3ccccc3)cc1)c(=O)n2[C@@H]1CCCN(C(=O)C(O)CO)C1. The fourth-order valence-corrected chi connectivity index (χ4v) is 4.72. The Balaban J connectivity index is 1.53. The van der Waals surface area contributed by atoms with Gasteiger partial charge in [0.15, 0.2) is 6.10 Å². The zero-order chi connectivity index (χ0) is 25.2. The van der Waals surface area contributed by atoms with Gasteiger partial charge < -0.3 is 25.6 Å². The summed E-state index contributed by atoms with van der Waals surface area (Å²) >= 11 is 0. The Hall–Kier alpha value is -4.15. The van der Waals surface area contributed by atoms with Crippen LogP contribution in [0.4, 0.5) is 5.82 Å². The number of benzene rings is 2. The average Bonchev–Trinajstić information content (AvgIpc) is 3.22. The number of rotatable bonds is 6. The van der Waals surface area contributed by atoms with Crippen molar-refractivity contribution in [2.24, 2.45) is 0 Å². The molecule has 10 heteroatoms. The van der Waals surface area contributed by atoms with E-state index in [4.69, 9.17) is 10.5 Å². The van der Waals surface area contributed by atoms with E-state index in [2.05, 4.69) is 4.98 Å². The highest BCUT2D eigenvalue weighted by Crippen LogP contribution is 2.29. The summed E-state index contributed by atoms with van der Waals surface area (Å²) in [5.41, 5.74) is 7.63. The number of fused-ring (bicyclic) bond motifs is 1. The summed E-state index contributed by atoms with van der Waals surface area (Å²) in [5, 5.41) is 19.0. The number of aromatic nitrogens is 3. The maximum absolute atomic E-state index is 13.8. The normalized spacial score (nSPS) is 16.7. The number of nitrogens with zero attached hydrogens (tertiary/aromatic N) is 4. The third kappa shape index (κ3) is 4.32. The molecule has 4 aromatic rings. The van der Waals surface area contributed by atoms with E-state index >= 15 is 0 Å². The lowest BCUT2D eigenvalue weighted by Crippen LogP contribution is -2.47. The number of pyridine rings is 1. The van der Waals surface area contributed by atoms with Crippen LogP contribution < -0.4 is 16.2 Å². The van der Waals surface area contributed by atoms with Crippen molar-refractivity contribution < 1.29 is 19.7 Å². The minimum atomic E-state index is -1.47. The first-order valence-corrected chi connectivity index (χ1v) is 11.8. The summed E-state index contributed by atoms with van der Waals surface area (Å²) in [4.78, 5) is 32.0. The van der Waals surface area contributed by atoms with Crippen molar-refractivity contribution in [1.29, 1.82) is 0 Å². The van der Waals surface area contributed by atoms with Crippen LogP contribution in [-0.4, -0.2) is 60.9 Å². The molecule has 0 aliphatic carbocycles. The number of hydrogen-bond acceptors (Lipinski definition) is 7. The minimum absolute atomic E-state index is 0.215. The van der Waals surface area contributed by atoms with Crippen LogP contribution in [0.5, 0.6) is 11.5 Å². The van der Waals surface area contributed by atoms with Crippen molar-refractivity contribution in [2.75, 3.05) is 25.4 Å². The first-order valence-electron chi connectivity index (χ1n) is 11.8. The highest BCUT2D eigenvalue weighted by atomic mass is 16.5. The van der Waals surface area contributed by atoms with Crippen molar-refractivity contribution in [3.05, 3.63) is 77.3 Å². The van der Waals surface area contributed by atoms with E-state index in [0.717, 1.165) is 0 Å². The van der Waals surface area contributed by atoms with Gasteiger partial charge in [0.25, 0.3) is 5.91 Å². The number of likely N-dealkylation sites (tertiary alicyclic amines) is 1. The molecular weight excluding hydrogens is 462 g/mol. The number of anilines is 1. The van der Waals surface area contributed by atoms with Gasteiger partial charge in [-0.05, 0) is 55.3 Å². The molecule has 1 fully saturated rings. The molecule has 36 heavy (non-hydrogen) atoms. The van der Waals surface area contributed by atoms with Crippen molar-refractivity contribution in [3.8, 4) is 17.2 Å². The summed E-state index contributed by atoms with van der Waals surface area (Å²) < 4.78 is 9.03. The van der Waals surface area contributed by atoms with Crippen molar-refractivity contribution in [3.63, 3.8) is 0 Å². The van der Waals surface area contributed by atoms with Crippen LogP contribution in [-0.2, 0) is 4.79 Å². The smallest absolute Gasteiger partial charge is 0.334 e. The Bertz CT molecular complexity index is 1430. The maximum Gasteiger partial charge on any atom is 0.334 e. The Labute approximate surface area is 206 Å². The van der Waals surface area contributed by atoms with Gasteiger partial charge in [-0.2, -0.15) is 0 Å². The van der Waals surface area contributed by atoms with E-state index < -0.39 is 18.6 Å². The number of piperidine rings is 1. The van der Waals surface area contributed by atoms with Crippen LogP contribution in [0.25, 0.3) is 16.7 Å². The summed E-state index contributed by atoms with van der Waals surface area (Å²) in [6.07, 6.45) is 1.40. The maximum atomic E-state index is 13.8. The standard InChI is InChI=1S/C26H27N5O5/c27-24-23-21(12-13-28-24)30(18-5-4-14-29(15-18)25(34)22(33)16-32)26(35)31(23)17-8-10-20(11-9-17)36-19-6-2-1-3-7-19/h1-3,6-13,18,22,32-33H,4-5,14-16H2,(H2,27,28)/t18-,22?/m1/s1. The van der Waals surface area contributed by atoms with Gasteiger partial charge in [0.1, 0.15) is 22.8 Å². The topological polar surface area (TPSA) is 136 Å². The number of aliphatic hydroxyl groups excluding tert-OH is 2. The number of nitrogen functional groups attached to an aromatic ring is 1. The Morgan fingerprint density at radius 2 is 1.83 bits per heavy atom. The number of carbonyl (C=O) groups excluding carboxylic acids is 1. The number of imidazole rings is 1. The third-order valence-electron chi connectivity index (χ3n) is 6.42. The van der Waals surface area contributed by atoms with Crippen LogP contribution >= 0.6 is 0 Å². The lowest BCUT2D eigenvalue weighted by atomic mass is 10.0. The fraction of sp³-hybridized carbons (Fsp3) is 0.269. The molecule has 5 rings (SSSR count). The Morgan fingerprint density at radius 1 is 1.11 bits per heavy atom. The van der Waals surface area contributed by atoms with Gasteiger partial charge in [-0.25, -0.2) is 9.78 Å². The molecule has 0 saturated carbocycles. The molecule has 4 N–H and O–H groups in total. The molecule has 1 aliphatic rings. The second-order valence-electron chi connectivity index (χ2n) is 8.74. The molecule has 10 nitrogen and oxygen atoms in total. The molecule has 1 unspecified atom stereocenters. The van der Waals surface area contributed by atoms with Crippen molar-refractivity contribution >= 4 is 22.8 Å². The first kappa shape index (κ1) is 23.6. The predicted octanol–water partition coefficient (Wildman–Crippen LogP) is 2.08. The number of aliphatic hydroxyl groups is 2. The monoisotopic (exact) mass is 489 g/mol. The van der Waals surface area contributed by atoms with Gasteiger partial charge in [0.05, 0.1) is 23.9 Å². The fourth-order valence-electron chi connectivity index (χ4n) is 4.72. The van der Waals surface area contributed by atoms with E-state index in [1.54, 1.807) is 41.1 Å². The minimum Gasteiger partial charge on any atom is -0.457 e. The summed E-state index contributed by atoms with van der Waals surface area (Å²) in [6, 6.07) is 17.9. The summed E-state index contributed by atoms with van der Waals surface area (Å²) in [6.45, 7) is 0.0405. The Kier molecular flexibility index (Phi) is 6.45. The molecule has 0 radical (unpaired) electrons. The van der Waals surface area contributed by atoms with E-state index in [-0.39, 0.29) is 24.1 Å². The van der Waals surface area contributed by atoms with Crippen molar-refractivity contribution in [2.45, 2.75) is 25.0 Å². The number of hydrogen-bond donors (Lipinski definition) is 3. The molecular formula is C26H27N5O5. The quantitative estimate of drug-likeness (QED) is 0.377. The molecule has 0 bridgehead atoms. The lowest BCUT2D eigenvalue weighted by molar-refractivity contribution is -0.143. The highest BCUT2D eigenvalue weighted by Gasteiger charge is 2.31. The number of amides is 1. The van der Waals surface area contributed by atoms with E-state index in [1.165, 1.54) is 9.47 Å². The lowest BCUT2D eigenvalue weighted by Gasteiger charge is -2.34. The number of carbonyl (C=O) groups is 1. The van der Waals surface area contributed by atoms with Gasteiger partial charge in [-0.3, -0.25) is 13.9 Å². The van der Waals surface area contributed by atoms with Crippen LogP contribution in [0.3, 0.4) is 0 Å². The number of ether oxygens (including phenoxy) is 1. The van der Waals surface area contributed by atoms with Gasteiger partial charge >= 0.3 is 5.69 Å². The van der Waals surface area contributed by atoms with E-state index in [9.17, 15) is 19.8 Å². The van der Waals surface area contributed by atoms with Gasteiger partial charge in [0, 0.05) is 19.3 Å². The predicted molar refractivity (Wildman–Crippen MR) is 134 cm³/mol. The van der Waals surface area contributed by atoms with Crippen LogP contribution in [0, 0.1) is 0 Å². The molecule has 1 aliphatic heterocycles. The molecule has 3 heterocycles. The molecule has 0 spiro atoms. The van der Waals surface area contributed by atoms with E-state index in [1.807, 2.05) is 30.3 Å². The summed E-state index contributed by atoms with van der Waals surface area (Å²) in [5.74, 6) is 0.994. The van der Waals surface area contributed by atoms with E-state index in [0.29, 0.717) is 47.6 Å². The van der Waals surface area contributed by atoms with Crippen molar-refractivity contribution in [1.82, 2.24) is 19.0 Å². The second kappa shape index (κ2) is 9.84. The number of nitrogens with two attached hydrogens (primary N) is 1. The third-order valence-corrected chi connectivity index (χ3v) is 6.42. The zero-order valence-electron chi connectivity index (χ0n) is 19.5. The molecule has 1 saturated heterocycles.